The molecule has 6 heteroatoms. The highest BCUT2D eigenvalue weighted by molar-refractivity contribution is 7.89. The van der Waals surface area contributed by atoms with Gasteiger partial charge < -0.3 is 4.74 Å². The number of carbonyl (C=O) groups excluding carboxylic acids is 1. The Kier molecular flexibility index (Phi) is 4.19. The number of nitrogens with zero attached hydrogens (tertiary/aromatic N) is 1. The monoisotopic (exact) mass is 263 g/mol. The van der Waals surface area contributed by atoms with E-state index in [4.69, 9.17) is 0 Å². The molecule has 17 heavy (non-hydrogen) atoms. The maximum atomic E-state index is 12.2. The molecule has 0 saturated carbocycles. The van der Waals surface area contributed by atoms with Crippen molar-refractivity contribution in [2.45, 2.75) is 39.7 Å². The molecule has 1 heterocycles. The van der Waals surface area contributed by atoms with Crippen LogP contribution in [0.1, 0.15) is 33.6 Å². The van der Waals surface area contributed by atoms with Gasteiger partial charge >= 0.3 is 5.97 Å². The van der Waals surface area contributed by atoms with Crippen LogP contribution < -0.4 is 0 Å². The molecule has 1 saturated heterocycles. The highest BCUT2D eigenvalue weighted by Gasteiger charge is 2.40. The first kappa shape index (κ1) is 14.4. The van der Waals surface area contributed by atoms with Gasteiger partial charge in [-0.3, -0.25) is 4.79 Å². The van der Waals surface area contributed by atoms with Gasteiger partial charge in [-0.2, -0.15) is 4.31 Å². The summed E-state index contributed by atoms with van der Waals surface area (Å²) in [7, 11) is -2.10. The van der Waals surface area contributed by atoms with Gasteiger partial charge in [-0.15, -0.1) is 0 Å². The van der Waals surface area contributed by atoms with Crippen LogP contribution in [0.4, 0.5) is 0 Å². The molecule has 0 aliphatic carbocycles. The average molecular weight is 263 g/mol. The molecule has 1 aliphatic rings. The molecular formula is C11H21NO4S. The predicted molar refractivity (Wildman–Crippen MR) is 65.0 cm³/mol. The molecule has 5 nitrogen and oxygen atoms in total. The van der Waals surface area contributed by atoms with E-state index in [1.54, 1.807) is 0 Å². The summed E-state index contributed by atoms with van der Waals surface area (Å²) in [6.07, 6.45) is 1.26. The van der Waals surface area contributed by atoms with E-state index in [1.807, 2.05) is 20.8 Å². The van der Waals surface area contributed by atoms with Crippen LogP contribution in [-0.2, 0) is 19.6 Å². The molecule has 1 atom stereocenters. The SMILES string of the molecule is COC(=O)C1CCCN1S(=O)(=O)CC(C)(C)C. The molecule has 0 aromatic carbocycles. The van der Waals surface area contributed by atoms with E-state index in [9.17, 15) is 13.2 Å². The fourth-order valence-electron chi connectivity index (χ4n) is 2.07. The number of sulfonamides is 1. The standard InChI is InChI=1S/C11H21NO4S/c1-11(2,3)8-17(14,15)12-7-5-6-9(12)10(13)16-4/h9H,5-8H2,1-4H3. The summed E-state index contributed by atoms with van der Waals surface area (Å²) in [5.41, 5.74) is -0.317. The number of esters is 1. The van der Waals surface area contributed by atoms with Crippen molar-refractivity contribution in [3.8, 4) is 0 Å². The van der Waals surface area contributed by atoms with Crippen LogP contribution in [0.15, 0.2) is 0 Å². The summed E-state index contributed by atoms with van der Waals surface area (Å²) >= 11 is 0. The predicted octanol–water partition coefficient (Wildman–Crippen LogP) is 1.000. The topological polar surface area (TPSA) is 63.7 Å². The Morgan fingerprint density at radius 3 is 2.47 bits per heavy atom. The quantitative estimate of drug-likeness (QED) is 0.713. The molecule has 1 rings (SSSR count). The van der Waals surface area contributed by atoms with Gasteiger partial charge in [0.05, 0.1) is 12.9 Å². The molecule has 100 valence electrons. The van der Waals surface area contributed by atoms with E-state index in [0.29, 0.717) is 19.4 Å². The van der Waals surface area contributed by atoms with Crippen LogP contribution in [-0.4, -0.2) is 44.1 Å². The molecular weight excluding hydrogens is 242 g/mol. The normalized spacial score (nSPS) is 22.7. The first-order chi connectivity index (χ1) is 7.67. The lowest BCUT2D eigenvalue weighted by atomic mass is 10.0. The van der Waals surface area contributed by atoms with E-state index in [2.05, 4.69) is 4.74 Å². The first-order valence-electron chi connectivity index (χ1n) is 5.75. The molecule has 1 unspecified atom stereocenters. The molecule has 1 aliphatic heterocycles. The van der Waals surface area contributed by atoms with Crippen LogP contribution in [0.25, 0.3) is 0 Å². The third-order valence-corrected chi connectivity index (χ3v) is 5.03. The van der Waals surface area contributed by atoms with Crippen LogP contribution in [0.5, 0.6) is 0 Å². The maximum absolute atomic E-state index is 12.2. The first-order valence-corrected chi connectivity index (χ1v) is 7.36. The second-order valence-electron chi connectivity index (χ2n) is 5.61. The maximum Gasteiger partial charge on any atom is 0.324 e. The van der Waals surface area contributed by atoms with Crippen molar-refractivity contribution >= 4 is 16.0 Å². The zero-order valence-electron chi connectivity index (χ0n) is 10.9. The Hall–Kier alpha value is -0.620. The summed E-state index contributed by atoms with van der Waals surface area (Å²) in [6, 6.07) is -0.632. The second kappa shape index (κ2) is 4.94. The lowest BCUT2D eigenvalue weighted by molar-refractivity contribution is -0.144. The largest absolute Gasteiger partial charge is 0.468 e. The van der Waals surface area contributed by atoms with E-state index < -0.39 is 22.0 Å². The smallest absolute Gasteiger partial charge is 0.324 e. The molecule has 0 bridgehead atoms. The Bertz CT molecular complexity index is 383. The summed E-state index contributed by atoms with van der Waals surface area (Å²) in [5.74, 6) is -0.409. The van der Waals surface area contributed by atoms with E-state index in [0.717, 1.165) is 0 Å². The Morgan fingerprint density at radius 2 is 2.00 bits per heavy atom. The van der Waals surface area contributed by atoms with Crippen LogP contribution in [0.3, 0.4) is 0 Å². The van der Waals surface area contributed by atoms with Crippen molar-refractivity contribution in [1.29, 1.82) is 0 Å². The van der Waals surface area contributed by atoms with E-state index in [1.165, 1.54) is 11.4 Å². The van der Waals surface area contributed by atoms with Gasteiger partial charge in [0.1, 0.15) is 6.04 Å². The third kappa shape index (κ3) is 3.67. The van der Waals surface area contributed by atoms with Gasteiger partial charge in [0, 0.05) is 6.54 Å². The third-order valence-electron chi connectivity index (χ3n) is 2.65. The zero-order chi connectivity index (χ0) is 13.3. The van der Waals surface area contributed by atoms with Crippen molar-refractivity contribution in [3.63, 3.8) is 0 Å². The minimum atomic E-state index is -3.39. The number of hydrogen-bond acceptors (Lipinski definition) is 4. The van der Waals surface area contributed by atoms with Crippen LogP contribution in [0.2, 0.25) is 0 Å². The van der Waals surface area contributed by atoms with Crippen molar-refractivity contribution < 1.29 is 17.9 Å². The number of rotatable bonds is 3. The van der Waals surface area contributed by atoms with Gasteiger partial charge in [0.2, 0.25) is 10.0 Å². The number of ether oxygens (including phenoxy) is 1. The van der Waals surface area contributed by atoms with Crippen molar-refractivity contribution in [2.24, 2.45) is 5.41 Å². The minimum Gasteiger partial charge on any atom is -0.468 e. The van der Waals surface area contributed by atoms with Gasteiger partial charge in [-0.1, -0.05) is 20.8 Å². The molecule has 0 aromatic rings. The summed E-state index contributed by atoms with van der Waals surface area (Å²) in [5, 5.41) is 0. The molecule has 1 fully saturated rings. The highest BCUT2D eigenvalue weighted by atomic mass is 32.2. The minimum absolute atomic E-state index is 0.0491. The van der Waals surface area contributed by atoms with Crippen LogP contribution in [0, 0.1) is 5.41 Å². The average Bonchev–Trinajstić information content (AvgIpc) is 2.61. The number of carbonyl (C=O) groups is 1. The zero-order valence-corrected chi connectivity index (χ0v) is 11.7. The van der Waals surface area contributed by atoms with E-state index >= 15 is 0 Å². The van der Waals surface area contributed by atoms with Gasteiger partial charge in [-0.25, -0.2) is 8.42 Å². The Balaban J connectivity index is 2.87. The fourth-order valence-corrected chi connectivity index (χ4v) is 4.32. The lowest BCUT2D eigenvalue weighted by Crippen LogP contribution is -2.44. The molecule has 0 spiro atoms. The number of methoxy groups -OCH3 is 1. The molecule has 0 aromatic heterocycles. The molecule has 0 radical (unpaired) electrons. The van der Waals surface area contributed by atoms with Gasteiger partial charge in [0.25, 0.3) is 0 Å². The highest BCUT2D eigenvalue weighted by Crippen LogP contribution is 2.26. The fraction of sp³-hybridized carbons (Fsp3) is 0.909. The van der Waals surface area contributed by atoms with Gasteiger partial charge in [0.15, 0.2) is 0 Å². The summed E-state index contributed by atoms with van der Waals surface area (Å²) in [4.78, 5) is 11.5. The second-order valence-corrected chi connectivity index (χ2v) is 7.53. The Labute approximate surface area is 103 Å². The van der Waals surface area contributed by atoms with Crippen molar-refractivity contribution in [3.05, 3.63) is 0 Å². The number of hydrogen-bond donors (Lipinski definition) is 0. The lowest BCUT2D eigenvalue weighted by Gasteiger charge is -2.26. The Morgan fingerprint density at radius 1 is 1.41 bits per heavy atom. The molecule has 0 amide bonds. The van der Waals surface area contributed by atoms with Crippen molar-refractivity contribution in [2.75, 3.05) is 19.4 Å². The van der Waals surface area contributed by atoms with E-state index in [-0.39, 0.29) is 11.2 Å². The molecule has 0 N–H and O–H groups in total. The summed E-state index contributed by atoms with van der Waals surface area (Å²) in [6.45, 7) is 6.02. The van der Waals surface area contributed by atoms with Crippen LogP contribution >= 0.6 is 0 Å². The van der Waals surface area contributed by atoms with Gasteiger partial charge in [-0.05, 0) is 18.3 Å². The van der Waals surface area contributed by atoms with Crippen molar-refractivity contribution in [1.82, 2.24) is 4.31 Å². The summed E-state index contributed by atoms with van der Waals surface area (Å²) < 4.78 is 30.3.